The van der Waals surface area contributed by atoms with Crippen LogP contribution in [0.25, 0.3) is 0 Å². The summed E-state index contributed by atoms with van der Waals surface area (Å²) in [4.78, 5) is 12.1. The zero-order valence-electron chi connectivity index (χ0n) is 10.7. The Balaban J connectivity index is 2.29. The predicted molar refractivity (Wildman–Crippen MR) is 80.0 cm³/mol. The number of oxime groups is 1. The van der Waals surface area contributed by atoms with Gasteiger partial charge in [0.05, 0.1) is 10.7 Å². The monoisotopic (exact) mass is 305 g/mol. The molecule has 0 aromatic heterocycles. The van der Waals surface area contributed by atoms with Gasteiger partial charge in [-0.3, -0.25) is 4.79 Å². The number of nitrogens with zero attached hydrogens (tertiary/aromatic N) is 1. The number of hydrogen-bond acceptors (Lipinski definition) is 4. The van der Waals surface area contributed by atoms with Crippen LogP contribution in [0.4, 0.5) is 5.69 Å². The van der Waals surface area contributed by atoms with E-state index in [1.807, 2.05) is 0 Å². The summed E-state index contributed by atoms with van der Waals surface area (Å²) in [5, 5.41) is 23.8. The van der Waals surface area contributed by atoms with E-state index in [1.54, 1.807) is 18.2 Å². The summed E-state index contributed by atoms with van der Waals surface area (Å²) in [5.41, 5.74) is 6.49. The molecule has 0 fully saturated rings. The van der Waals surface area contributed by atoms with Crippen LogP contribution in [0.1, 0.15) is 15.9 Å². The lowest BCUT2D eigenvalue weighted by atomic mass is 10.1. The number of halogens is 1. The second-order valence-corrected chi connectivity index (χ2v) is 4.59. The third-order valence-corrected chi connectivity index (χ3v) is 3.06. The van der Waals surface area contributed by atoms with E-state index in [1.165, 1.54) is 24.3 Å². The van der Waals surface area contributed by atoms with Crippen molar-refractivity contribution in [3.8, 4) is 5.75 Å². The number of benzene rings is 2. The fourth-order valence-corrected chi connectivity index (χ4v) is 1.84. The first kappa shape index (κ1) is 14.7. The van der Waals surface area contributed by atoms with Crippen LogP contribution < -0.4 is 11.1 Å². The molecular formula is C14H12ClN3O3. The lowest BCUT2D eigenvalue weighted by Crippen LogP contribution is -2.15. The van der Waals surface area contributed by atoms with Crippen molar-refractivity contribution in [1.29, 1.82) is 0 Å². The van der Waals surface area contributed by atoms with Gasteiger partial charge in [0, 0.05) is 11.1 Å². The molecule has 2 aromatic rings. The van der Waals surface area contributed by atoms with E-state index in [4.69, 9.17) is 22.5 Å². The minimum absolute atomic E-state index is 0.0147. The van der Waals surface area contributed by atoms with Crippen LogP contribution in [0.5, 0.6) is 5.75 Å². The zero-order valence-corrected chi connectivity index (χ0v) is 11.5. The third kappa shape index (κ3) is 3.43. The van der Waals surface area contributed by atoms with Crippen molar-refractivity contribution in [3.05, 3.63) is 58.6 Å². The van der Waals surface area contributed by atoms with Crippen molar-refractivity contribution in [1.82, 2.24) is 0 Å². The molecule has 5 N–H and O–H groups in total. The van der Waals surface area contributed by atoms with Crippen LogP contribution in [0.3, 0.4) is 0 Å². The number of rotatable bonds is 3. The number of amidine groups is 1. The average molecular weight is 306 g/mol. The number of hydrogen-bond donors (Lipinski definition) is 4. The van der Waals surface area contributed by atoms with Gasteiger partial charge in [0.25, 0.3) is 5.91 Å². The van der Waals surface area contributed by atoms with Crippen LogP contribution in [0.2, 0.25) is 5.02 Å². The number of nitrogens with one attached hydrogen (secondary N) is 1. The van der Waals surface area contributed by atoms with E-state index in [-0.39, 0.29) is 17.1 Å². The molecule has 0 heterocycles. The van der Waals surface area contributed by atoms with Gasteiger partial charge in [-0.1, -0.05) is 22.8 Å². The minimum Gasteiger partial charge on any atom is -0.508 e. The van der Waals surface area contributed by atoms with Gasteiger partial charge < -0.3 is 21.4 Å². The van der Waals surface area contributed by atoms with Crippen LogP contribution in [0.15, 0.2) is 47.6 Å². The SMILES string of the molecule is N/C(=N/O)c1ccc(Cl)c(NC(=O)c2cccc(O)c2)c1. The van der Waals surface area contributed by atoms with Crippen molar-refractivity contribution in [2.24, 2.45) is 10.9 Å². The van der Waals surface area contributed by atoms with Crippen LogP contribution in [0, 0.1) is 0 Å². The van der Waals surface area contributed by atoms with Crippen molar-refractivity contribution in [3.63, 3.8) is 0 Å². The maximum atomic E-state index is 12.1. The lowest BCUT2D eigenvalue weighted by Gasteiger charge is -2.09. The number of phenolic OH excluding ortho intramolecular Hbond substituents is 1. The molecule has 2 aromatic carbocycles. The van der Waals surface area contributed by atoms with Crippen molar-refractivity contribution in [2.75, 3.05) is 5.32 Å². The molecule has 7 heteroatoms. The molecule has 0 saturated carbocycles. The molecule has 0 bridgehead atoms. The Morgan fingerprint density at radius 2 is 1.95 bits per heavy atom. The molecule has 0 spiro atoms. The lowest BCUT2D eigenvalue weighted by molar-refractivity contribution is 0.102. The minimum atomic E-state index is -0.440. The van der Waals surface area contributed by atoms with E-state index >= 15 is 0 Å². The summed E-state index contributed by atoms with van der Waals surface area (Å²) in [5.74, 6) is -0.553. The van der Waals surface area contributed by atoms with Crippen LogP contribution in [-0.2, 0) is 0 Å². The van der Waals surface area contributed by atoms with Crippen LogP contribution in [-0.4, -0.2) is 22.1 Å². The third-order valence-electron chi connectivity index (χ3n) is 2.73. The van der Waals surface area contributed by atoms with E-state index in [0.717, 1.165) is 0 Å². The molecule has 0 radical (unpaired) electrons. The number of anilines is 1. The number of aromatic hydroxyl groups is 1. The van der Waals surface area contributed by atoms with Gasteiger partial charge in [0.15, 0.2) is 5.84 Å². The normalized spacial score (nSPS) is 11.2. The Morgan fingerprint density at radius 3 is 2.62 bits per heavy atom. The highest BCUT2D eigenvalue weighted by atomic mass is 35.5. The fourth-order valence-electron chi connectivity index (χ4n) is 1.68. The molecule has 108 valence electrons. The number of carbonyl (C=O) groups excluding carboxylic acids is 1. The largest absolute Gasteiger partial charge is 0.508 e. The molecule has 1 amide bonds. The standard InChI is InChI=1S/C14H12ClN3O3/c15-11-5-4-8(13(16)18-21)7-12(11)17-14(20)9-2-1-3-10(19)6-9/h1-7,19,21H,(H2,16,18)(H,17,20). The number of amides is 1. The van der Waals surface area contributed by atoms with E-state index in [0.29, 0.717) is 16.3 Å². The first-order chi connectivity index (χ1) is 10.0. The van der Waals surface area contributed by atoms with Crippen LogP contribution >= 0.6 is 11.6 Å². The molecule has 6 nitrogen and oxygen atoms in total. The smallest absolute Gasteiger partial charge is 0.255 e. The highest BCUT2D eigenvalue weighted by Crippen LogP contribution is 2.24. The Kier molecular flexibility index (Phi) is 4.30. The van der Waals surface area contributed by atoms with Gasteiger partial charge in [0.2, 0.25) is 0 Å². The van der Waals surface area contributed by atoms with Crippen molar-refractivity contribution < 1.29 is 15.1 Å². The topological polar surface area (TPSA) is 108 Å². The molecule has 0 aliphatic heterocycles. The number of phenols is 1. The second kappa shape index (κ2) is 6.15. The Hall–Kier alpha value is -2.73. The molecule has 0 unspecified atom stereocenters. The quantitative estimate of drug-likeness (QED) is 0.302. The molecule has 0 saturated heterocycles. The van der Waals surface area contributed by atoms with E-state index < -0.39 is 5.91 Å². The van der Waals surface area contributed by atoms with Gasteiger partial charge in [-0.2, -0.15) is 0 Å². The molecule has 21 heavy (non-hydrogen) atoms. The zero-order chi connectivity index (χ0) is 15.4. The molecule has 0 aliphatic rings. The number of carbonyl (C=O) groups is 1. The van der Waals surface area contributed by atoms with E-state index in [2.05, 4.69) is 10.5 Å². The Labute approximate surface area is 125 Å². The van der Waals surface area contributed by atoms with Gasteiger partial charge in [0.1, 0.15) is 5.75 Å². The Bertz CT molecular complexity index is 716. The Morgan fingerprint density at radius 1 is 1.19 bits per heavy atom. The molecular weight excluding hydrogens is 294 g/mol. The highest BCUT2D eigenvalue weighted by molar-refractivity contribution is 6.34. The maximum absolute atomic E-state index is 12.1. The predicted octanol–water partition coefficient (Wildman–Crippen LogP) is 2.39. The number of nitrogens with two attached hydrogens (primary N) is 1. The summed E-state index contributed by atoms with van der Waals surface area (Å²) < 4.78 is 0. The molecule has 0 aliphatic carbocycles. The van der Waals surface area contributed by atoms with Gasteiger partial charge in [-0.15, -0.1) is 0 Å². The highest BCUT2D eigenvalue weighted by Gasteiger charge is 2.11. The summed E-state index contributed by atoms with van der Waals surface area (Å²) in [6.07, 6.45) is 0. The summed E-state index contributed by atoms with van der Waals surface area (Å²) >= 11 is 6.00. The summed E-state index contributed by atoms with van der Waals surface area (Å²) in [7, 11) is 0. The fraction of sp³-hybridized carbons (Fsp3) is 0. The van der Waals surface area contributed by atoms with Crippen molar-refractivity contribution >= 4 is 29.0 Å². The maximum Gasteiger partial charge on any atom is 0.255 e. The molecule has 2 rings (SSSR count). The average Bonchev–Trinajstić information content (AvgIpc) is 2.48. The van der Waals surface area contributed by atoms with E-state index in [9.17, 15) is 9.90 Å². The van der Waals surface area contributed by atoms with Gasteiger partial charge in [-0.25, -0.2) is 0 Å². The first-order valence-electron chi connectivity index (χ1n) is 5.89. The second-order valence-electron chi connectivity index (χ2n) is 4.18. The van der Waals surface area contributed by atoms with Gasteiger partial charge in [-0.05, 0) is 36.4 Å². The van der Waals surface area contributed by atoms with Crippen molar-refractivity contribution in [2.45, 2.75) is 0 Å². The first-order valence-corrected chi connectivity index (χ1v) is 6.27. The van der Waals surface area contributed by atoms with Gasteiger partial charge >= 0.3 is 0 Å². The summed E-state index contributed by atoms with van der Waals surface area (Å²) in [6, 6.07) is 10.5. The molecule has 0 atom stereocenters. The summed E-state index contributed by atoms with van der Waals surface area (Å²) in [6.45, 7) is 0.